The number of benzene rings is 3. The lowest BCUT2D eigenvalue weighted by Gasteiger charge is -2.25. The van der Waals surface area contributed by atoms with Gasteiger partial charge in [-0.25, -0.2) is 13.8 Å². The molecule has 2 N–H and O–H groups in total. The predicted octanol–water partition coefficient (Wildman–Crippen LogP) is 4.47. The average molecular weight is 567 g/mol. The van der Waals surface area contributed by atoms with Gasteiger partial charge in [0.25, 0.3) is 15.9 Å². The molecule has 1 amide bonds. The van der Waals surface area contributed by atoms with Crippen LogP contribution in [0.15, 0.2) is 75.1 Å². The van der Waals surface area contributed by atoms with Gasteiger partial charge in [-0.1, -0.05) is 29.8 Å². The van der Waals surface area contributed by atoms with Gasteiger partial charge in [-0.2, -0.15) is 5.10 Å². The van der Waals surface area contributed by atoms with Crippen LogP contribution >= 0.6 is 27.5 Å². The molecule has 0 heterocycles. The Labute approximate surface area is 211 Å². The number of carbonyl (C=O) groups excluding carboxylic acids is 1. The first-order valence-electron chi connectivity index (χ1n) is 9.86. The Morgan fingerprint density at radius 1 is 1.21 bits per heavy atom. The van der Waals surface area contributed by atoms with Gasteiger partial charge in [-0.3, -0.25) is 9.10 Å². The number of phenolic OH excluding ortho intramolecular Hbond substituents is 1. The molecule has 0 saturated heterocycles. The molecule has 178 valence electrons. The van der Waals surface area contributed by atoms with Crippen LogP contribution in [0.1, 0.15) is 11.1 Å². The van der Waals surface area contributed by atoms with Crippen molar-refractivity contribution in [3.8, 4) is 11.5 Å². The molecule has 11 heteroatoms. The topological polar surface area (TPSA) is 108 Å². The van der Waals surface area contributed by atoms with Crippen LogP contribution in [-0.2, 0) is 14.8 Å². The third-order valence-electron chi connectivity index (χ3n) is 4.72. The number of amides is 1. The molecule has 0 radical (unpaired) electrons. The second kappa shape index (κ2) is 10.9. The number of rotatable bonds is 8. The number of hydrogen-bond acceptors (Lipinski definition) is 6. The van der Waals surface area contributed by atoms with E-state index >= 15 is 0 Å². The van der Waals surface area contributed by atoms with E-state index in [0.29, 0.717) is 26.3 Å². The zero-order valence-corrected chi connectivity index (χ0v) is 21.4. The molecule has 0 spiro atoms. The van der Waals surface area contributed by atoms with E-state index in [9.17, 15) is 18.3 Å². The zero-order valence-electron chi connectivity index (χ0n) is 18.2. The number of carbonyl (C=O) groups is 1. The van der Waals surface area contributed by atoms with Gasteiger partial charge < -0.3 is 9.84 Å². The molecule has 0 aliphatic carbocycles. The molecule has 8 nitrogen and oxygen atoms in total. The molecule has 3 aromatic rings. The van der Waals surface area contributed by atoms with Crippen LogP contribution in [0.25, 0.3) is 0 Å². The summed E-state index contributed by atoms with van der Waals surface area (Å²) in [6.07, 6.45) is 1.34. The third kappa shape index (κ3) is 5.88. The maximum atomic E-state index is 13.4. The summed E-state index contributed by atoms with van der Waals surface area (Å²) in [7, 11) is -2.65. The van der Waals surface area contributed by atoms with E-state index in [-0.39, 0.29) is 16.4 Å². The molecule has 3 aromatic carbocycles. The third-order valence-corrected chi connectivity index (χ3v) is 7.33. The molecule has 0 aliphatic rings. The minimum absolute atomic E-state index is 0.0432. The van der Waals surface area contributed by atoms with Crippen molar-refractivity contribution in [2.75, 3.05) is 18.0 Å². The van der Waals surface area contributed by atoms with Gasteiger partial charge in [-0.05, 0) is 76.4 Å². The molecule has 34 heavy (non-hydrogen) atoms. The molecule has 0 unspecified atom stereocenters. The van der Waals surface area contributed by atoms with E-state index in [2.05, 4.69) is 26.5 Å². The Morgan fingerprint density at radius 2 is 1.91 bits per heavy atom. The Morgan fingerprint density at radius 3 is 2.56 bits per heavy atom. The fourth-order valence-electron chi connectivity index (χ4n) is 3.09. The molecule has 0 bridgehead atoms. The smallest absolute Gasteiger partial charge is 0.264 e. The largest absolute Gasteiger partial charge is 0.503 e. The van der Waals surface area contributed by atoms with E-state index in [0.717, 1.165) is 4.31 Å². The van der Waals surface area contributed by atoms with Crippen molar-refractivity contribution in [2.24, 2.45) is 5.10 Å². The summed E-state index contributed by atoms with van der Waals surface area (Å²) in [5.74, 6) is -0.501. The van der Waals surface area contributed by atoms with Gasteiger partial charge in [0, 0.05) is 5.02 Å². The number of methoxy groups -OCH3 is 1. The van der Waals surface area contributed by atoms with Crippen LogP contribution in [0.3, 0.4) is 0 Å². The number of nitrogens with zero attached hydrogens (tertiary/aromatic N) is 2. The molecule has 3 rings (SSSR count). The van der Waals surface area contributed by atoms with E-state index in [1.807, 2.05) is 0 Å². The molecular weight excluding hydrogens is 546 g/mol. The molecule has 0 aliphatic heterocycles. The lowest BCUT2D eigenvalue weighted by Crippen LogP contribution is -2.40. The highest BCUT2D eigenvalue weighted by Crippen LogP contribution is 2.34. The van der Waals surface area contributed by atoms with Crippen LogP contribution in [0, 0.1) is 6.92 Å². The van der Waals surface area contributed by atoms with Crippen molar-refractivity contribution in [3.05, 3.63) is 81.3 Å². The fourth-order valence-corrected chi connectivity index (χ4v) is 5.28. The van der Waals surface area contributed by atoms with Crippen molar-refractivity contribution in [3.63, 3.8) is 0 Å². The number of hydrazone groups is 1. The van der Waals surface area contributed by atoms with Crippen molar-refractivity contribution in [1.29, 1.82) is 0 Å². The quantitative estimate of drug-likeness (QED) is 0.309. The minimum atomic E-state index is -4.05. The van der Waals surface area contributed by atoms with Gasteiger partial charge in [0.15, 0.2) is 11.5 Å². The van der Waals surface area contributed by atoms with Crippen molar-refractivity contribution in [1.82, 2.24) is 5.43 Å². The Balaban J connectivity index is 1.86. The summed E-state index contributed by atoms with van der Waals surface area (Å²) in [6, 6.07) is 15.7. The number of phenols is 1. The van der Waals surface area contributed by atoms with Gasteiger partial charge >= 0.3 is 0 Å². The van der Waals surface area contributed by atoms with Gasteiger partial charge in [0.1, 0.15) is 6.54 Å². The fraction of sp³-hybridized carbons (Fsp3) is 0.130. The number of halogens is 2. The lowest BCUT2D eigenvalue weighted by molar-refractivity contribution is -0.119. The number of ether oxygens (including phenoxy) is 1. The highest BCUT2D eigenvalue weighted by molar-refractivity contribution is 9.10. The SMILES string of the molecule is COc1cc(/C=N\NC(=O)CN(c2ccc(Cl)cc2C)S(=O)(=O)c2ccccc2)cc(Br)c1O. The maximum absolute atomic E-state index is 13.4. The Hall–Kier alpha value is -3.08. The highest BCUT2D eigenvalue weighted by Gasteiger charge is 2.28. The summed E-state index contributed by atoms with van der Waals surface area (Å²) in [6.45, 7) is 1.19. The van der Waals surface area contributed by atoms with Crippen LogP contribution in [0.5, 0.6) is 11.5 Å². The van der Waals surface area contributed by atoms with Crippen LogP contribution < -0.4 is 14.5 Å². The molecular formula is C23H21BrClN3O5S. The first-order chi connectivity index (χ1) is 16.1. The molecule has 0 saturated carbocycles. The van der Waals surface area contributed by atoms with E-state index in [1.54, 1.807) is 49.4 Å². The Bertz CT molecular complexity index is 1330. The summed E-state index contributed by atoms with van der Waals surface area (Å²) >= 11 is 9.24. The van der Waals surface area contributed by atoms with E-state index in [1.165, 1.54) is 31.5 Å². The highest BCUT2D eigenvalue weighted by atomic mass is 79.9. The monoisotopic (exact) mass is 565 g/mol. The second-order valence-electron chi connectivity index (χ2n) is 7.10. The maximum Gasteiger partial charge on any atom is 0.264 e. The van der Waals surface area contributed by atoms with Crippen LogP contribution in [0.4, 0.5) is 5.69 Å². The number of hydrogen-bond donors (Lipinski definition) is 2. The van der Waals surface area contributed by atoms with Crippen molar-refractivity contribution < 1.29 is 23.1 Å². The summed E-state index contributed by atoms with van der Waals surface area (Å²) in [5, 5.41) is 14.2. The average Bonchev–Trinajstić information content (AvgIpc) is 2.80. The first-order valence-corrected chi connectivity index (χ1v) is 12.5. The normalized spacial score (nSPS) is 11.4. The van der Waals surface area contributed by atoms with Gasteiger partial charge in [0.2, 0.25) is 0 Å². The summed E-state index contributed by atoms with van der Waals surface area (Å²) in [4.78, 5) is 12.7. The molecule has 0 atom stereocenters. The first kappa shape index (κ1) is 25.5. The van der Waals surface area contributed by atoms with E-state index < -0.39 is 22.5 Å². The summed E-state index contributed by atoms with van der Waals surface area (Å²) in [5.41, 5.74) is 3.78. The molecule has 0 fully saturated rings. The summed E-state index contributed by atoms with van der Waals surface area (Å²) < 4.78 is 33.2. The number of aromatic hydroxyl groups is 1. The standard InChI is InChI=1S/C23H21BrClN3O5S/c1-15-10-17(25)8-9-20(15)28(34(31,32)18-6-4-3-5-7-18)14-22(29)27-26-13-16-11-19(24)23(30)21(12-16)33-2/h3-13,30H,14H2,1-2H3,(H,27,29)/b26-13-. The number of nitrogens with one attached hydrogen (secondary N) is 1. The lowest BCUT2D eigenvalue weighted by atomic mass is 10.2. The Kier molecular flexibility index (Phi) is 8.19. The van der Waals surface area contributed by atoms with Gasteiger partial charge in [-0.15, -0.1) is 0 Å². The zero-order chi connectivity index (χ0) is 24.9. The van der Waals surface area contributed by atoms with Crippen LogP contribution in [-0.4, -0.2) is 39.3 Å². The molecule has 0 aromatic heterocycles. The number of anilines is 1. The van der Waals surface area contributed by atoms with E-state index in [4.69, 9.17) is 16.3 Å². The predicted molar refractivity (Wildman–Crippen MR) is 135 cm³/mol. The number of sulfonamides is 1. The van der Waals surface area contributed by atoms with Crippen molar-refractivity contribution in [2.45, 2.75) is 11.8 Å². The number of aryl methyl sites for hydroxylation is 1. The van der Waals surface area contributed by atoms with Crippen molar-refractivity contribution >= 4 is 55.4 Å². The van der Waals surface area contributed by atoms with Gasteiger partial charge in [0.05, 0.1) is 28.4 Å². The second-order valence-corrected chi connectivity index (χ2v) is 10.3. The van der Waals surface area contributed by atoms with Crippen LogP contribution in [0.2, 0.25) is 5.02 Å². The minimum Gasteiger partial charge on any atom is -0.503 e.